The van der Waals surface area contributed by atoms with Crippen molar-refractivity contribution in [2.24, 2.45) is 5.92 Å². The van der Waals surface area contributed by atoms with E-state index in [0.29, 0.717) is 0 Å². The predicted molar refractivity (Wildman–Crippen MR) is 85.6 cm³/mol. The van der Waals surface area contributed by atoms with Crippen LogP contribution in [0.5, 0.6) is 0 Å². The highest BCUT2D eigenvalue weighted by atomic mass is 32.2. The van der Waals surface area contributed by atoms with E-state index in [1.54, 1.807) is 0 Å². The lowest BCUT2D eigenvalue weighted by molar-refractivity contribution is -0.141. The number of carbonyl (C=O) groups is 2. The standard InChI is InChI=1S/C16H23NO3S/c1-9(2)14(15(18)17-12(5)16(19)20)21-13-7-10(3)6-11(4)8-13/h6-9,12,14H,1-5H3,(H,17,18)(H,19,20). The van der Waals surface area contributed by atoms with Crippen molar-refractivity contribution in [1.82, 2.24) is 5.32 Å². The van der Waals surface area contributed by atoms with E-state index in [2.05, 4.69) is 11.4 Å². The van der Waals surface area contributed by atoms with Gasteiger partial charge in [0, 0.05) is 4.90 Å². The fourth-order valence-corrected chi connectivity index (χ4v) is 3.25. The summed E-state index contributed by atoms with van der Waals surface area (Å²) in [6, 6.07) is 5.29. The van der Waals surface area contributed by atoms with Crippen LogP contribution in [0.4, 0.5) is 0 Å². The molecule has 2 N–H and O–H groups in total. The number of carboxylic acids is 1. The van der Waals surface area contributed by atoms with Crippen LogP contribution < -0.4 is 5.32 Å². The summed E-state index contributed by atoms with van der Waals surface area (Å²) in [7, 11) is 0. The second-order valence-electron chi connectivity index (χ2n) is 5.67. The second-order valence-corrected chi connectivity index (χ2v) is 6.89. The van der Waals surface area contributed by atoms with Gasteiger partial charge < -0.3 is 10.4 Å². The quantitative estimate of drug-likeness (QED) is 0.793. The average Bonchev–Trinajstić information content (AvgIpc) is 2.33. The SMILES string of the molecule is Cc1cc(C)cc(SC(C(=O)NC(C)C(=O)O)C(C)C)c1. The van der Waals surface area contributed by atoms with Crippen molar-refractivity contribution in [3.63, 3.8) is 0 Å². The van der Waals surface area contributed by atoms with Gasteiger partial charge in [0.15, 0.2) is 0 Å². The molecule has 0 aromatic heterocycles. The lowest BCUT2D eigenvalue weighted by Crippen LogP contribution is -2.44. The average molecular weight is 309 g/mol. The fraction of sp³-hybridized carbons (Fsp3) is 0.500. The van der Waals surface area contributed by atoms with Crippen LogP contribution in [0.15, 0.2) is 23.1 Å². The van der Waals surface area contributed by atoms with Gasteiger partial charge in [-0.3, -0.25) is 9.59 Å². The van der Waals surface area contributed by atoms with E-state index in [4.69, 9.17) is 5.11 Å². The van der Waals surface area contributed by atoms with Gasteiger partial charge in [-0.25, -0.2) is 0 Å². The van der Waals surface area contributed by atoms with Gasteiger partial charge in [-0.05, 0) is 49.9 Å². The topological polar surface area (TPSA) is 66.4 Å². The molecule has 1 rings (SSSR count). The van der Waals surface area contributed by atoms with Crippen LogP contribution in [0.25, 0.3) is 0 Å². The number of hydrogen-bond donors (Lipinski definition) is 2. The number of aryl methyl sites for hydroxylation is 2. The molecule has 21 heavy (non-hydrogen) atoms. The third-order valence-electron chi connectivity index (χ3n) is 3.05. The van der Waals surface area contributed by atoms with Gasteiger partial charge >= 0.3 is 5.97 Å². The van der Waals surface area contributed by atoms with Crippen molar-refractivity contribution in [2.75, 3.05) is 0 Å². The van der Waals surface area contributed by atoms with Crippen molar-refractivity contribution in [3.8, 4) is 0 Å². The number of aliphatic carboxylic acids is 1. The monoisotopic (exact) mass is 309 g/mol. The Balaban J connectivity index is 2.87. The Hall–Kier alpha value is -1.49. The highest BCUT2D eigenvalue weighted by Gasteiger charge is 2.26. The Labute approximate surface area is 130 Å². The van der Waals surface area contributed by atoms with Gasteiger partial charge in [0.05, 0.1) is 5.25 Å². The van der Waals surface area contributed by atoms with E-state index in [0.717, 1.165) is 16.0 Å². The van der Waals surface area contributed by atoms with Crippen LogP contribution in [-0.2, 0) is 9.59 Å². The minimum Gasteiger partial charge on any atom is -0.480 e. The number of rotatable bonds is 6. The number of benzene rings is 1. The lowest BCUT2D eigenvalue weighted by atomic mass is 10.1. The predicted octanol–water partition coefficient (Wildman–Crippen LogP) is 3.01. The summed E-state index contributed by atoms with van der Waals surface area (Å²) >= 11 is 1.48. The molecule has 0 fully saturated rings. The van der Waals surface area contributed by atoms with Gasteiger partial charge in [-0.1, -0.05) is 19.9 Å². The third-order valence-corrected chi connectivity index (χ3v) is 4.57. The Morgan fingerprint density at radius 1 is 1.10 bits per heavy atom. The summed E-state index contributed by atoms with van der Waals surface area (Å²) in [5.41, 5.74) is 2.30. The van der Waals surface area contributed by atoms with Crippen LogP contribution in [0, 0.1) is 19.8 Å². The molecule has 1 amide bonds. The fourth-order valence-electron chi connectivity index (χ4n) is 2.00. The molecule has 0 saturated heterocycles. The zero-order valence-corrected chi connectivity index (χ0v) is 14.0. The molecular weight excluding hydrogens is 286 g/mol. The van der Waals surface area contributed by atoms with Gasteiger partial charge in [-0.15, -0.1) is 11.8 Å². The number of carboxylic acid groups (broad SMARTS) is 1. The maximum Gasteiger partial charge on any atom is 0.325 e. The molecule has 2 atom stereocenters. The summed E-state index contributed by atoms with van der Waals surface area (Å²) < 4.78 is 0. The van der Waals surface area contributed by atoms with Gasteiger partial charge in [-0.2, -0.15) is 0 Å². The van der Waals surface area contributed by atoms with E-state index in [9.17, 15) is 9.59 Å². The Kier molecular flexibility index (Phi) is 6.27. The molecular formula is C16H23NO3S. The summed E-state index contributed by atoms with van der Waals surface area (Å²) in [4.78, 5) is 24.2. The van der Waals surface area contributed by atoms with Crippen molar-refractivity contribution in [3.05, 3.63) is 29.3 Å². The van der Waals surface area contributed by atoms with Crippen molar-refractivity contribution in [2.45, 2.75) is 50.8 Å². The van der Waals surface area contributed by atoms with E-state index >= 15 is 0 Å². The lowest BCUT2D eigenvalue weighted by Gasteiger charge is -2.21. The Morgan fingerprint density at radius 3 is 2.05 bits per heavy atom. The zero-order chi connectivity index (χ0) is 16.2. The van der Waals surface area contributed by atoms with Crippen LogP contribution in [0.1, 0.15) is 31.9 Å². The van der Waals surface area contributed by atoms with Crippen LogP contribution in [0.3, 0.4) is 0 Å². The molecule has 1 aromatic carbocycles. The van der Waals surface area contributed by atoms with Gasteiger partial charge in [0.2, 0.25) is 5.91 Å². The maximum atomic E-state index is 12.3. The highest BCUT2D eigenvalue weighted by Crippen LogP contribution is 2.30. The number of nitrogens with one attached hydrogen (secondary N) is 1. The first-order valence-corrected chi connectivity index (χ1v) is 7.86. The van der Waals surface area contributed by atoms with Crippen LogP contribution in [-0.4, -0.2) is 28.3 Å². The van der Waals surface area contributed by atoms with Crippen LogP contribution in [0.2, 0.25) is 0 Å². The zero-order valence-electron chi connectivity index (χ0n) is 13.1. The molecule has 0 aliphatic heterocycles. The molecule has 0 saturated carbocycles. The minimum atomic E-state index is -1.03. The largest absolute Gasteiger partial charge is 0.480 e. The van der Waals surface area contributed by atoms with E-state index in [1.165, 1.54) is 18.7 Å². The number of amides is 1. The molecule has 4 nitrogen and oxygen atoms in total. The van der Waals surface area contributed by atoms with Crippen molar-refractivity contribution >= 4 is 23.6 Å². The Morgan fingerprint density at radius 2 is 1.62 bits per heavy atom. The van der Waals surface area contributed by atoms with Gasteiger partial charge in [0.1, 0.15) is 6.04 Å². The number of hydrogen-bond acceptors (Lipinski definition) is 3. The molecule has 0 bridgehead atoms. The van der Waals surface area contributed by atoms with E-state index < -0.39 is 12.0 Å². The summed E-state index contributed by atoms with van der Waals surface area (Å²) in [5, 5.41) is 11.1. The molecule has 1 aromatic rings. The molecule has 0 aliphatic rings. The van der Waals surface area contributed by atoms with Crippen molar-refractivity contribution in [1.29, 1.82) is 0 Å². The number of thioether (sulfide) groups is 1. The highest BCUT2D eigenvalue weighted by molar-refractivity contribution is 8.00. The smallest absolute Gasteiger partial charge is 0.325 e. The molecule has 0 heterocycles. The molecule has 116 valence electrons. The van der Waals surface area contributed by atoms with E-state index in [-0.39, 0.29) is 17.1 Å². The summed E-state index contributed by atoms with van der Waals surface area (Å²) in [5.74, 6) is -1.15. The van der Waals surface area contributed by atoms with E-state index in [1.807, 2.05) is 39.8 Å². The molecule has 2 unspecified atom stereocenters. The normalized spacial score (nSPS) is 13.8. The minimum absolute atomic E-state index is 0.108. The number of carbonyl (C=O) groups excluding carboxylic acids is 1. The van der Waals surface area contributed by atoms with Crippen LogP contribution >= 0.6 is 11.8 Å². The maximum absolute atomic E-state index is 12.3. The Bertz CT molecular complexity index is 508. The first-order chi connectivity index (χ1) is 9.70. The molecule has 5 heteroatoms. The van der Waals surface area contributed by atoms with Crippen molar-refractivity contribution < 1.29 is 14.7 Å². The molecule has 0 radical (unpaired) electrons. The third kappa shape index (κ3) is 5.42. The first-order valence-electron chi connectivity index (χ1n) is 6.99. The molecule has 0 aliphatic carbocycles. The van der Waals surface area contributed by atoms with Gasteiger partial charge in [0.25, 0.3) is 0 Å². The molecule has 0 spiro atoms. The summed E-state index contributed by atoms with van der Waals surface area (Å²) in [6.45, 7) is 9.44. The summed E-state index contributed by atoms with van der Waals surface area (Å²) in [6.07, 6.45) is 0. The second kappa shape index (κ2) is 7.50. The first kappa shape index (κ1) is 17.6.